The number of rotatable bonds is 16. The average Bonchev–Trinajstić information content (AvgIpc) is 2.49. The van der Waals surface area contributed by atoms with E-state index < -0.39 is 0 Å². The van der Waals surface area contributed by atoms with Gasteiger partial charge >= 0.3 is 0 Å². The van der Waals surface area contributed by atoms with E-state index in [-0.39, 0.29) is 0 Å². The minimum absolute atomic E-state index is 0.433. The van der Waals surface area contributed by atoms with Crippen molar-refractivity contribution in [3.8, 4) is 0 Å². The minimum atomic E-state index is 0.433. The van der Waals surface area contributed by atoms with Gasteiger partial charge < -0.3 is 0 Å². The summed E-state index contributed by atoms with van der Waals surface area (Å²) < 4.78 is 0. The molecule has 0 aromatic carbocycles. The third-order valence-corrected chi connectivity index (χ3v) is 7.29. The second-order valence-electron chi connectivity index (χ2n) is 14.4. The first-order chi connectivity index (χ1) is 14.1. The molecule has 0 aromatic heterocycles. The molecule has 0 unspecified atom stereocenters. The number of hydrogen-bond acceptors (Lipinski definition) is 0. The van der Waals surface area contributed by atoms with Gasteiger partial charge in [-0.25, -0.2) is 0 Å². The van der Waals surface area contributed by atoms with Crippen molar-refractivity contribution < 1.29 is 0 Å². The lowest BCUT2D eigenvalue weighted by Gasteiger charge is -2.60. The second kappa shape index (κ2) is 13.6. The molecule has 0 aliphatic heterocycles. The highest BCUT2D eigenvalue weighted by Crippen LogP contribution is 2.63. The summed E-state index contributed by atoms with van der Waals surface area (Å²) in [6, 6.07) is 0. The van der Waals surface area contributed by atoms with Crippen LogP contribution >= 0.6 is 0 Å². The highest BCUT2D eigenvalue weighted by Gasteiger charge is 2.55. The van der Waals surface area contributed by atoms with E-state index in [1.54, 1.807) is 0 Å². The molecule has 0 aliphatic rings. The molecule has 188 valence electrons. The first-order valence-electron chi connectivity index (χ1n) is 14.1. The molecule has 0 N–H and O–H groups in total. The van der Waals surface area contributed by atoms with Crippen molar-refractivity contribution in [3.05, 3.63) is 0 Å². The van der Waals surface area contributed by atoms with Gasteiger partial charge in [0.1, 0.15) is 0 Å². The van der Waals surface area contributed by atoms with Crippen LogP contribution in [-0.4, -0.2) is 0 Å². The Morgan fingerprint density at radius 3 is 0.806 bits per heavy atom. The fraction of sp³-hybridized carbons (Fsp3) is 1.00. The van der Waals surface area contributed by atoms with Gasteiger partial charge in [0.05, 0.1) is 0 Å². The van der Waals surface area contributed by atoms with Crippen LogP contribution in [-0.2, 0) is 0 Å². The largest absolute Gasteiger partial charge is 0.0628 e. The molecule has 0 heterocycles. The van der Waals surface area contributed by atoms with E-state index in [2.05, 4.69) is 96.9 Å². The van der Waals surface area contributed by atoms with Gasteiger partial charge in [0, 0.05) is 0 Å². The topological polar surface area (TPSA) is 0 Å². The Bertz CT molecular complexity index is 402. The Kier molecular flexibility index (Phi) is 13.6. The Morgan fingerprint density at radius 1 is 0.355 bits per heavy atom. The molecule has 0 rings (SSSR count). The molecule has 0 spiro atoms. The Labute approximate surface area is 200 Å². The van der Waals surface area contributed by atoms with Gasteiger partial charge in [0.25, 0.3) is 0 Å². The minimum Gasteiger partial charge on any atom is -0.0628 e. The van der Waals surface area contributed by atoms with E-state index in [4.69, 9.17) is 0 Å². The van der Waals surface area contributed by atoms with E-state index in [0.717, 1.165) is 47.3 Å². The zero-order chi connectivity index (χ0) is 24.6. The highest BCUT2D eigenvalue weighted by molar-refractivity contribution is 5.04. The quantitative estimate of drug-likeness (QED) is 0.225. The van der Waals surface area contributed by atoms with E-state index >= 15 is 0 Å². The maximum Gasteiger partial charge on any atom is -0.0207 e. The molecule has 0 nitrogen and oxygen atoms in total. The molecule has 0 heteroatoms. The summed E-state index contributed by atoms with van der Waals surface area (Å²) in [5, 5.41) is 0. The van der Waals surface area contributed by atoms with Crippen LogP contribution in [0.25, 0.3) is 0 Å². The van der Waals surface area contributed by atoms with Crippen LogP contribution in [0.3, 0.4) is 0 Å². The molecule has 0 radical (unpaired) electrons. The van der Waals surface area contributed by atoms with Crippen LogP contribution in [0.2, 0.25) is 0 Å². The van der Waals surface area contributed by atoms with Gasteiger partial charge in [-0.1, -0.05) is 96.9 Å². The lowest BCUT2D eigenvalue weighted by atomic mass is 9.45. The first kappa shape index (κ1) is 31.0. The standard InChI is InChI=1S/C31H64/c1-22(2)15-29(16-23(3)4)31(20-27(11)12,21-28(13)14)30(17-24(5)6,18-25(7)8)19-26(9)10/h22-29H,15-21H2,1-14H3. The summed E-state index contributed by atoms with van der Waals surface area (Å²) in [6.45, 7) is 34.8. The third-order valence-electron chi connectivity index (χ3n) is 7.29. The zero-order valence-electron chi connectivity index (χ0n) is 24.6. The van der Waals surface area contributed by atoms with Gasteiger partial charge in [-0.3, -0.25) is 0 Å². The Hall–Kier alpha value is 0. The molecule has 0 aliphatic carbocycles. The van der Waals surface area contributed by atoms with Crippen molar-refractivity contribution in [1.29, 1.82) is 0 Å². The van der Waals surface area contributed by atoms with Crippen LogP contribution in [0.5, 0.6) is 0 Å². The molecular formula is C31H64. The summed E-state index contributed by atoms with van der Waals surface area (Å²) >= 11 is 0. The summed E-state index contributed by atoms with van der Waals surface area (Å²) in [6.07, 6.45) is 9.80. The van der Waals surface area contributed by atoms with E-state index in [9.17, 15) is 0 Å². The van der Waals surface area contributed by atoms with Crippen molar-refractivity contribution in [1.82, 2.24) is 0 Å². The molecular weight excluding hydrogens is 372 g/mol. The van der Waals surface area contributed by atoms with E-state index in [1.165, 1.54) is 44.9 Å². The number of hydrogen-bond donors (Lipinski definition) is 0. The Morgan fingerprint density at radius 2 is 0.613 bits per heavy atom. The van der Waals surface area contributed by atoms with E-state index in [1.807, 2.05) is 0 Å². The fourth-order valence-corrected chi connectivity index (χ4v) is 7.63. The molecule has 31 heavy (non-hydrogen) atoms. The van der Waals surface area contributed by atoms with Crippen LogP contribution in [0.4, 0.5) is 0 Å². The lowest BCUT2D eigenvalue weighted by molar-refractivity contribution is -0.108. The van der Waals surface area contributed by atoms with E-state index in [0.29, 0.717) is 10.8 Å². The van der Waals surface area contributed by atoms with Crippen molar-refractivity contribution in [2.45, 2.75) is 142 Å². The van der Waals surface area contributed by atoms with Crippen molar-refractivity contribution in [3.63, 3.8) is 0 Å². The van der Waals surface area contributed by atoms with Gasteiger partial charge in [-0.2, -0.15) is 0 Å². The van der Waals surface area contributed by atoms with Crippen LogP contribution in [0.1, 0.15) is 142 Å². The molecule has 0 saturated heterocycles. The third kappa shape index (κ3) is 10.2. The molecule has 0 amide bonds. The first-order valence-corrected chi connectivity index (χ1v) is 14.1. The van der Waals surface area contributed by atoms with Crippen molar-refractivity contribution >= 4 is 0 Å². The predicted octanol–water partition coefficient (Wildman–Crippen LogP) is 10.9. The van der Waals surface area contributed by atoms with Crippen LogP contribution in [0, 0.1) is 58.2 Å². The fourth-order valence-electron chi connectivity index (χ4n) is 7.63. The predicted molar refractivity (Wildman–Crippen MR) is 145 cm³/mol. The smallest absolute Gasteiger partial charge is 0.0207 e. The lowest BCUT2D eigenvalue weighted by Crippen LogP contribution is -2.52. The van der Waals surface area contributed by atoms with Gasteiger partial charge in [0.15, 0.2) is 0 Å². The molecule has 0 saturated carbocycles. The van der Waals surface area contributed by atoms with Gasteiger partial charge in [-0.05, 0) is 103 Å². The maximum absolute atomic E-state index is 2.50. The maximum atomic E-state index is 2.50. The van der Waals surface area contributed by atoms with Crippen LogP contribution in [0.15, 0.2) is 0 Å². The Balaban J connectivity index is 7.17. The second-order valence-corrected chi connectivity index (χ2v) is 14.4. The van der Waals surface area contributed by atoms with Crippen molar-refractivity contribution in [2.75, 3.05) is 0 Å². The van der Waals surface area contributed by atoms with Gasteiger partial charge in [-0.15, -0.1) is 0 Å². The van der Waals surface area contributed by atoms with Gasteiger partial charge in [0.2, 0.25) is 0 Å². The average molecular weight is 437 g/mol. The summed E-state index contributed by atoms with van der Waals surface area (Å²) in [5.74, 6) is 6.17. The zero-order valence-corrected chi connectivity index (χ0v) is 24.6. The molecule has 0 bridgehead atoms. The molecule has 0 aromatic rings. The monoisotopic (exact) mass is 437 g/mol. The normalized spacial score (nSPS) is 14.1. The summed E-state index contributed by atoms with van der Waals surface area (Å²) in [4.78, 5) is 0. The molecule has 0 fully saturated rings. The SMILES string of the molecule is CC(C)CC(CC(C)C)C(CC(C)C)(CC(C)C)C(CC(C)C)(CC(C)C)CC(C)C. The summed E-state index contributed by atoms with van der Waals surface area (Å²) in [7, 11) is 0. The highest BCUT2D eigenvalue weighted by atomic mass is 14.6. The summed E-state index contributed by atoms with van der Waals surface area (Å²) in [5.41, 5.74) is 0.870. The molecule has 0 atom stereocenters. The van der Waals surface area contributed by atoms with Crippen molar-refractivity contribution in [2.24, 2.45) is 58.2 Å². The van der Waals surface area contributed by atoms with Crippen LogP contribution < -0.4 is 0 Å².